The number of rotatable bonds is 25. The zero-order valence-electron chi connectivity index (χ0n) is 26.7. The molecule has 0 unspecified atom stereocenters. The van der Waals surface area contributed by atoms with Gasteiger partial charge >= 0.3 is 0 Å². The highest BCUT2D eigenvalue weighted by Crippen LogP contribution is 2.17. The van der Waals surface area contributed by atoms with Gasteiger partial charge in [-0.1, -0.05) is 147 Å². The van der Waals surface area contributed by atoms with Crippen LogP contribution in [0.15, 0.2) is 48.8 Å². The van der Waals surface area contributed by atoms with Crippen molar-refractivity contribution in [1.29, 1.82) is 0 Å². The third-order valence-electron chi connectivity index (χ3n) is 8.34. The molecule has 0 saturated heterocycles. The van der Waals surface area contributed by atoms with Crippen molar-refractivity contribution >= 4 is 17.8 Å². The molecule has 2 aromatic rings. The molecule has 0 aliphatic heterocycles. The van der Waals surface area contributed by atoms with Crippen LogP contribution in [0, 0.1) is 0 Å². The lowest BCUT2D eigenvalue weighted by atomic mass is 10.0. The molecule has 0 spiro atoms. The highest BCUT2D eigenvalue weighted by molar-refractivity contribution is 5.70. The van der Waals surface area contributed by atoms with Crippen molar-refractivity contribution in [2.24, 2.45) is 0 Å². The van der Waals surface area contributed by atoms with E-state index in [0.29, 0.717) is 0 Å². The molecule has 1 heterocycles. The van der Waals surface area contributed by atoms with E-state index in [1.54, 1.807) is 0 Å². The number of aryl methyl sites for hydroxylation is 1. The second-order valence-corrected chi connectivity index (χ2v) is 12.1. The van der Waals surface area contributed by atoms with Gasteiger partial charge in [-0.15, -0.1) is 0 Å². The maximum atomic E-state index is 2.41. The topological polar surface area (TPSA) is 7.12 Å². The Bertz CT molecular complexity index is 852. The van der Waals surface area contributed by atoms with Crippen molar-refractivity contribution in [3.05, 3.63) is 59.9 Å². The molecule has 2 rings (SSSR count). The quantitative estimate of drug-likeness (QED) is 0.0885. The first-order valence-electron chi connectivity index (χ1n) is 17.2. The van der Waals surface area contributed by atoms with Crippen molar-refractivity contribution in [1.82, 2.24) is 0 Å². The van der Waals surface area contributed by atoms with E-state index in [1.807, 2.05) is 0 Å². The standard InChI is InChI=1S/C38H63N2/c1-4-6-8-10-12-13-14-15-16-17-18-19-20-22-32-39(3)38-28-26-36(27-29-38)24-25-37-30-34-40(35-31-37)33-23-21-11-9-7-5-2/h24-31,34-35H,4-23,32-33H2,1-3H3/q+1. The summed E-state index contributed by atoms with van der Waals surface area (Å²) in [5, 5.41) is 0. The van der Waals surface area contributed by atoms with Gasteiger partial charge in [-0.2, -0.15) is 0 Å². The summed E-state index contributed by atoms with van der Waals surface area (Å²) < 4.78 is 2.32. The van der Waals surface area contributed by atoms with Gasteiger partial charge in [0.2, 0.25) is 0 Å². The minimum Gasteiger partial charge on any atom is -0.375 e. The third-order valence-corrected chi connectivity index (χ3v) is 8.34. The van der Waals surface area contributed by atoms with E-state index in [2.05, 4.69) is 91.3 Å². The van der Waals surface area contributed by atoms with Crippen LogP contribution >= 0.6 is 0 Å². The second kappa shape index (κ2) is 23.6. The van der Waals surface area contributed by atoms with Crippen LogP contribution in [0.3, 0.4) is 0 Å². The lowest BCUT2D eigenvalue weighted by Gasteiger charge is -2.19. The van der Waals surface area contributed by atoms with Gasteiger partial charge in [-0.3, -0.25) is 0 Å². The number of benzene rings is 1. The van der Waals surface area contributed by atoms with Gasteiger partial charge in [0.15, 0.2) is 12.4 Å². The maximum Gasteiger partial charge on any atom is 0.169 e. The first kappa shape index (κ1) is 34.1. The molecule has 1 aromatic carbocycles. The van der Waals surface area contributed by atoms with Crippen LogP contribution in [0.4, 0.5) is 5.69 Å². The number of nitrogens with zero attached hydrogens (tertiary/aromatic N) is 2. The molecular weight excluding hydrogens is 484 g/mol. The summed E-state index contributed by atoms with van der Waals surface area (Å²) >= 11 is 0. The molecule has 2 heteroatoms. The summed E-state index contributed by atoms with van der Waals surface area (Å²) in [6.45, 7) is 6.86. The third kappa shape index (κ3) is 16.9. The molecule has 0 fully saturated rings. The summed E-state index contributed by atoms with van der Waals surface area (Å²) in [5.74, 6) is 0. The van der Waals surface area contributed by atoms with Gasteiger partial charge in [-0.05, 0) is 36.1 Å². The fraction of sp³-hybridized carbons (Fsp3) is 0.658. The lowest BCUT2D eigenvalue weighted by Crippen LogP contribution is -2.32. The first-order valence-corrected chi connectivity index (χ1v) is 17.2. The molecule has 0 N–H and O–H groups in total. The Balaban J connectivity index is 1.53. The average Bonchev–Trinajstić information content (AvgIpc) is 2.98. The Kier molecular flexibility index (Phi) is 20.1. The number of pyridine rings is 1. The van der Waals surface area contributed by atoms with E-state index in [0.717, 1.165) is 13.1 Å². The summed E-state index contributed by atoms with van der Waals surface area (Å²) in [5.41, 5.74) is 3.85. The van der Waals surface area contributed by atoms with Gasteiger partial charge in [0.25, 0.3) is 0 Å². The summed E-state index contributed by atoms with van der Waals surface area (Å²) in [7, 11) is 2.23. The molecule has 40 heavy (non-hydrogen) atoms. The van der Waals surface area contributed by atoms with Gasteiger partial charge < -0.3 is 4.90 Å². The molecule has 0 saturated carbocycles. The largest absolute Gasteiger partial charge is 0.375 e. The van der Waals surface area contributed by atoms with Crippen LogP contribution in [0.2, 0.25) is 0 Å². The fourth-order valence-corrected chi connectivity index (χ4v) is 5.51. The zero-order chi connectivity index (χ0) is 28.5. The predicted molar refractivity (Wildman–Crippen MR) is 179 cm³/mol. The monoisotopic (exact) mass is 547 g/mol. The Morgan fingerprint density at radius 1 is 0.500 bits per heavy atom. The van der Waals surface area contributed by atoms with Crippen LogP contribution in [-0.4, -0.2) is 13.6 Å². The van der Waals surface area contributed by atoms with E-state index < -0.39 is 0 Å². The number of unbranched alkanes of at least 4 members (excludes halogenated alkanes) is 18. The van der Waals surface area contributed by atoms with E-state index in [9.17, 15) is 0 Å². The van der Waals surface area contributed by atoms with Crippen molar-refractivity contribution in [3.63, 3.8) is 0 Å². The van der Waals surface area contributed by atoms with Crippen LogP contribution in [0.25, 0.3) is 12.2 Å². The summed E-state index contributed by atoms with van der Waals surface area (Å²) in [6.07, 6.45) is 36.9. The average molecular weight is 548 g/mol. The molecule has 0 aliphatic rings. The Labute approximate surface area is 249 Å². The Morgan fingerprint density at radius 2 is 0.900 bits per heavy atom. The smallest absolute Gasteiger partial charge is 0.169 e. The number of anilines is 1. The molecule has 224 valence electrons. The highest BCUT2D eigenvalue weighted by Gasteiger charge is 2.02. The molecule has 0 aliphatic carbocycles. The van der Waals surface area contributed by atoms with E-state index in [4.69, 9.17) is 0 Å². The minimum atomic E-state index is 1.13. The van der Waals surface area contributed by atoms with Gasteiger partial charge in [0.1, 0.15) is 6.54 Å². The van der Waals surface area contributed by atoms with Crippen LogP contribution in [0.5, 0.6) is 0 Å². The van der Waals surface area contributed by atoms with Crippen molar-refractivity contribution in [2.75, 3.05) is 18.5 Å². The first-order chi connectivity index (χ1) is 19.7. The van der Waals surface area contributed by atoms with E-state index >= 15 is 0 Å². The van der Waals surface area contributed by atoms with E-state index in [-0.39, 0.29) is 0 Å². The summed E-state index contributed by atoms with van der Waals surface area (Å²) in [4.78, 5) is 2.41. The molecule has 0 atom stereocenters. The lowest BCUT2D eigenvalue weighted by molar-refractivity contribution is -0.697. The molecular formula is C38H63N2+. The normalized spacial score (nSPS) is 11.5. The Morgan fingerprint density at radius 3 is 1.38 bits per heavy atom. The molecule has 0 bridgehead atoms. The number of hydrogen-bond acceptors (Lipinski definition) is 1. The van der Waals surface area contributed by atoms with Crippen LogP contribution in [-0.2, 0) is 6.54 Å². The number of aromatic nitrogens is 1. The molecule has 1 aromatic heterocycles. The molecule has 2 nitrogen and oxygen atoms in total. The zero-order valence-corrected chi connectivity index (χ0v) is 26.7. The van der Waals surface area contributed by atoms with Gasteiger partial charge in [0, 0.05) is 37.8 Å². The summed E-state index contributed by atoms with van der Waals surface area (Å²) in [6, 6.07) is 13.5. The number of hydrogen-bond donors (Lipinski definition) is 0. The second-order valence-electron chi connectivity index (χ2n) is 12.1. The van der Waals surface area contributed by atoms with Crippen LogP contribution < -0.4 is 9.47 Å². The van der Waals surface area contributed by atoms with Crippen molar-refractivity contribution < 1.29 is 4.57 Å². The van der Waals surface area contributed by atoms with Crippen molar-refractivity contribution in [2.45, 2.75) is 149 Å². The van der Waals surface area contributed by atoms with Gasteiger partial charge in [0.05, 0.1) is 0 Å². The SMILES string of the molecule is CCCCCCCCCCCCCCCCN(C)c1ccc(/C=C/c2cc[n+](CCCCCCCC)cc2)cc1. The predicted octanol–water partition coefficient (Wildman–Crippen LogP) is 11.4. The van der Waals surface area contributed by atoms with Gasteiger partial charge in [-0.25, -0.2) is 4.57 Å². The van der Waals surface area contributed by atoms with Crippen molar-refractivity contribution in [3.8, 4) is 0 Å². The fourth-order valence-electron chi connectivity index (χ4n) is 5.51. The highest BCUT2D eigenvalue weighted by atomic mass is 15.1. The molecule has 0 radical (unpaired) electrons. The van der Waals surface area contributed by atoms with Crippen LogP contribution in [0.1, 0.15) is 153 Å². The molecule has 0 amide bonds. The van der Waals surface area contributed by atoms with E-state index in [1.165, 1.54) is 145 Å². The Hall–Kier alpha value is -2.09. The maximum absolute atomic E-state index is 2.41. The minimum absolute atomic E-state index is 1.13.